The Balaban J connectivity index is 1.87. The standard InChI is InChI=1S/C15H19N3O3/c1-3-20-8-7-14(19)16-10-13-17-15(21-18-13)12-6-4-5-11(2)9-12/h4-6,9H,3,7-8,10H2,1-2H3,(H,16,19). The van der Waals surface area contributed by atoms with Crippen LogP contribution in [0.2, 0.25) is 0 Å². The number of ether oxygens (including phenoxy) is 1. The zero-order valence-corrected chi connectivity index (χ0v) is 12.3. The molecule has 0 bridgehead atoms. The number of aromatic nitrogens is 2. The summed E-state index contributed by atoms with van der Waals surface area (Å²) < 4.78 is 10.3. The molecule has 0 spiro atoms. The molecule has 0 atom stereocenters. The summed E-state index contributed by atoms with van der Waals surface area (Å²) >= 11 is 0. The number of hydrogen-bond acceptors (Lipinski definition) is 5. The zero-order chi connectivity index (χ0) is 15.1. The average molecular weight is 289 g/mol. The van der Waals surface area contributed by atoms with Crippen molar-refractivity contribution in [1.29, 1.82) is 0 Å². The number of aryl methyl sites for hydroxylation is 1. The van der Waals surface area contributed by atoms with Gasteiger partial charge in [-0.2, -0.15) is 4.98 Å². The van der Waals surface area contributed by atoms with E-state index in [0.29, 0.717) is 31.3 Å². The topological polar surface area (TPSA) is 77.2 Å². The van der Waals surface area contributed by atoms with Gasteiger partial charge < -0.3 is 14.6 Å². The van der Waals surface area contributed by atoms with Gasteiger partial charge >= 0.3 is 0 Å². The van der Waals surface area contributed by atoms with E-state index < -0.39 is 0 Å². The van der Waals surface area contributed by atoms with Crippen molar-refractivity contribution in [2.75, 3.05) is 13.2 Å². The maximum Gasteiger partial charge on any atom is 0.257 e. The lowest BCUT2D eigenvalue weighted by molar-refractivity contribution is -0.122. The van der Waals surface area contributed by atoms with Gasteiger partial charge in [0, 0.05) is 18.6 Å². The van der Waals surface area contributed by atoms with Gasteiger partial charge in [0.25, 0.3) is 5.89 Å². The first-order valence-corrected chi connectivity index (χ1v) is 6.93. The molecule has 1 aromatic heterocycles. The number of nitrogens with one attached hydrogen (secondary N) is 1. The Kier molecular flexibility index (Phi) is 5.45. The maximum atomic E-state index is 11.5. The van der Waals surface area contributed by atoms with Gasteiger partial charge in [-0.25, -0.2) is 0 Å². The van der Waals surface area contributed by atoms with Crippen molar-refractivity contribution in [1.82, 2.24) is 15.5 Å². The molecule has 1 N–H and O–H groups in total. The zero-order valence-electron chi connectivity index (χ0n) is 12.3. The van der Waals surface area contributed by atoms with Crippen LogP contribution in [0.25, 0.3) is 11.5 Å². The molecule has 1 amide bonds. The highest BCUT2D eigenvalue weighted by molar-refractivity contribution is 5.75. The first-order chi connectivity index (χ1) is 10.2. The summed E-state index contributed by atoms with van der Waals surface area (Å²) in [7, 11) is 0. The molecule has 6 heteroatoms. The summed E-state index contributed by atoms with van der Waals surface area (Å²) in [6.07, 6.45) is 0.330. The van der Waals surface area contributed by atoms with Crippen LogP contribution in [0.15, 0.2) is 28.8 Å². The second-order valence-corrected chi connectivity index (χ2v) is 4.61. The molecule has 2 aromatic rings. The van der Waals surface area contributed by atoms with E-state index in [1.165, 1.54) is 0 Å². The molecular formula is C15H19N3O3. The average Bonchev–Trinajstić information content (AvgIpc) is 2.94. The van der Waals surface area contributed by atoms with Crippen molar-refractivity contribution in [3.63, 3.8) is 0 Å². The Bertz CT molecular complexity index is 595. The molecule has 0 saturated heterocycles. The second-order valence-electron chi connectivity index (χ2n) is 4.61. The number of nitrogens with zero attached hydrogens (tertiary/aromatic N) is 2. The van der Waals surface area contributed by atoms with E-state index >= 15 is 0 Å². The van der Waals surface area contributed by atoms with Gasteiger partial charge in [0.15, 0.2) is 5.82 Å². The number of carbonyl (C=O) groups is 1. The predicted molar refractivity (Wildman–Crippen MR) is 77.4 cm³/mol. The highest BCUT2D eigenvalue weighted by Crippen LogP contribution is 2.17. The molecule has 0 unspecified atom stereocenters. The van der Waals surface area contributed by atoms with E-state index in [2.05, 4.69) is 15.5 Å². The quantitative estimate of drug-likeness (QED) is 0.790. The van der Waals surface area contributed by atoms with Crippen molar-refractivity contribution >= 4 is 5.91 Å². The monoisotopic (exact) mass is 289 g/mol. The van der Waals surface area contributed by atoms with Gasteiger partial charge in [-0.15, -0.1) is 0 Å². The first-order valence-electron chi connectivity index (χ1n) is 6.93. The third kappa shape index (κ3) is 4.68. The number of amides is 1. The van der Waals surface area contributed by atoms with Gasteiger partial charge in [-0.05, 0) is 26.0 Å². The number of carbonyl (C=O) groups excluding carboxylic acids is 1. The molecule has 0 radical (unpaired) electrons. The van der Waals surface area contributed by atoms with E-state index in [1.807, 2.05) is 38.1 Å². The molecule has 0 aliphatic heterocycles. The minimum atomic E-state index is -0.0923. The van der Waals surface area contributed by atoms with E-state index in [1.54, 1.807) is 0 Å². The lowest BCUT2D eigenvalue weighted by Crippen LogP contribution is -2.24. The van der Waals surface area contributed by atoms with Crippen LogP contribution in [-0.4, -0.2) is 29.3 Å². The van der Waals surface area contributed by atoms with Crippen LogP contribution in [0, 0.1) is 6.92 Å². The molecule has 0 aliphatic rings. The molecule has 112 valence electrons. The van der Waals surface area contributed by atoms with Crippen LogP contribution in [0.4, 0.5) is 0 Å². The predicted octanol–water partition coefficient (Wildman–Crippen LogP) is 2.09. The summed E-state index contributed by atoms with van der Waals surface area (Å²) in [5.41, 5.74) is 1.99. The third-order valence-corrected chi connectivity index (χ3v) is 2.85. The lowest BCUT2D eigenvalue weighted by atomic mass is 10.1. The Hall–Kier alpha value is -2.21. The smallest absolute Gasteiger partial charge is 0.257 e. The second kappa shape index (κ2) is 7.54. The molecule has 6 nitrogen and oxygen atoms in total. The highest BCUT2D eigenvalue weighted by atomic mass is 16.5. The van der Waals surface area contributed by atoms with Gasteiger partial charge in [0.2, 0.25) is 5.91 Å². The van der Waals surface area contributed by atoms with Crippen LogP contribution in [0.3, 0.4) is 0 Å². The highest BCUT2D eigenvalue weighted by Gasteiger charge is 2.10. The molecule has 21 heavy (non-hydrogen) atoms. The van der Waals surface area contributed by atoms with Crippen LogP contribution < -0.4 is 5.32 Å². The lowest BCUT2D eigenvalue weighted by Gasteiger charge is -2.02. The molecule has 1 heterocycles. The minimum absolute atomic E-state index is 0.0923. The van der Waals surface area contributed by atoms with Crippen molar-refractivity contribution in [3.05, 3.63) is 35.7 Å². The SMILES string of the molecule is CCOCCC(=O)NCc1noc(-c2cccc(C)c2)n1. The summed E-state index contributed by atoms with van der Waals surface area (Å²) in [5, 5.41) is 6.59. The Morgan fingerprint density at radius 3 is 3.05 bits per heavy atom. The molecule has 2 rings (SSSR count). The molecular weight excluding hydrogens is 270 g/mol. The molecule has 0 fully saturated rings. The summed E-state index contributed by atoms with van der Waals surface area (Å²) in [5.74, 6) is 0.818. The number of rotatable bonds is 7. The van der Waals surface area contributed by atoms with Crippen LogP contribution in [-0.2, 0) is 16.1 Å². The van der Waals surface area contributed by atoms with Gasteiger partial charge in [0.05, 0.1) is 13.2 Å². The van der Waals surface area contributed by atoms with Crippen LogP contribution >= 0.6 is 0 Å². The minimum Gasteiger partial charge on any atom is -0.381 e. The molecule has 0 aliphatic carbocycles. The van der Waals surface area contributed by atoms with Crippen molar-refractivity contribution in [2.45, 2.75) is 26.8 Å². The Morgan fingerprint density at radius 2 is 2.29 bits per heavy atom. The van der Waals surface area contributed by atoms with E-state index in [-0.39, 0.29) is 12.5 Å². The summed E-state index contributed by atoms with van der Waals surface area (Å²) in [6.45, 7) is 5.17. The summed E-state index contributed by atoms with van der Waals surface area (Å²) in [6, 6.07) is 7.81. The molecule has 1 aromatic carbocycles. The fraction of sp³-hybridized carbons (Fsp3) is 0.400. The van der Waals surface area contributed by atoms with Gasteiger partial charge in [0.1, 0.15) is 0 Å². The largest absolute Gasteiger partial charge is 0.381 e. The van der Waals surface area contributed by atoms with E-state index in [0.717, 1.165) is 11.1 Å². The van der Waals surface area contributed by atoms with E-state index in [9.17, 15) is 4.79 Å². The van der Waals surface area contributed by atoms with Gasteiger partial charge in [-0.1, -0.05) is 22.9 Å². The number of benzene rings is 1. The Morgan fingerprint density at radius 1 is 1.43 bits per heavy atom. The van der Waals surface area contributed by atoms with Crippen molar-refractivity contribution < 1.29 is 14.1 Å². The fourth-order valence-electron chi connectivity index (χ4n) is 1.80. The van der Waals surface area contributed by atoms with Crippen molar-refractivity contribution in [2.24, 2.45) is 0 Å². The normalized spacial score (nSPS) is 10.6. The van der Waals surface area contributed by atoms with Crippen LogP contribution in [0.5, 0.6) is 0 Å². The summed E-state index contributed by atoms with van der Waals surface area (Å²) in [4.78, 5) is 15.8. The maximum absolute atomic E-state index is 11.5. The van der Waals surface area contributed by atoms with Crippen LogP contribution in [0.1, 0.15) is 24.7 Å². The molecule has 0 saturated carbocycles. The first kappa shape index (κ1) is 15.2. The van der Waals surface area contributed by atoms with Crippen molar-refractivity contribution in [3.8, 4) is 11.5 Å². The van der Waals surface area contributed by atoms with E-state index in [4.69, 9.17) is 9.26 Å². The van der Waals surface area contributed by atoms with Gasteiger partial charge in [-0.3, -0.25) is 4.79 Å². The Labute approximate surface area is 123 Å². The number of hydrogen-bond donors (Lipinski definition) is 1. The fourth-order valence-corrected chi connectivity index (χ4v) is 1.80. The third-order valence-electron chi connectivity index (χ3n) is 2.85.